The van der Waals surface area contributed by atoms with Gasteiger partial charge in [0, 0.05) is 17.6 Å². The molecule has 0 saturated heterocycles. The Morgan fingerprint density at radius 2 is 2.06 bits per heavy atom. The number of carbonyl (C=O) groups excluding carboxylic acids is 1. The van der Waals surface area contributed by atoms with E-state index in [9.17, 15) is 4.79 Å². The summed E-state index contributed by atoms with van der Waals surface area (Å²) in [5.41, 5.74) is 0. The van der Waals surface area contributed by atoms with Crippen LogP contribution in [-0.2, 0) is 0 Å². The number of ether oxygens (including phenoxy) is 1. The van der Waals surface area contributed by atoms with Crippen LogP contribution in [0.5, 0.6) is 5.75 Å². The molecule has 1 aromatic rings. The number of rotatable bonds is 3. The highest BCUT2D eigenvalue weighted by Gasteiger charge is 2.14. The van der Waals surface area contributed by atoms with Crippen LogP contribution < -0.4 is 4.74 Å². The molecule has 16 heavy (non-hydrogen) atoms. The van der Waals surface area contributed by atoms with Crippen LogP contribution in [0, 0.1) is 0 Å². The lowest BCUT2D eigenvalue weighted by atomic mass is 10.3. The summed E-state index contributed by atoms with van der Waals surface area (Å²) < 4.78 is 5.90. The molecule has 0 aliphatic carbocycles. The van der Waals surface area contributed by atoms with Crippen LogP contribution in [0.15, 0.2) is 22.7 Å². The van der Waals surface area contributed by atoms with Gasteiger partial charge in [-0.15, -0.1) is 0 Å². The zero-order chi connectivity index (χ0) is 12.1. The van der Waals surface area contributed by atoms with Gasteiger partial charge >= 0.3 is 6.09 Å². The minimum atomic E-state index is -0.384. The van der Waals surface area contributed by atoms with E-state index in [0.717, 1.165) is 0 Å². The van der Waals surface area contributed by atoms with Gasteiger partial charge in [0.25, 0.3) is 0 Å². The van der Waals surface area contributed by atoms with E-state index in [1.165, 1.54) is 0 Å². The second-order valence-electron chi connectivity index (χ2n) is 3.09. The fourth-order valence-corrected chi connectivity index (χ4v) is 1.72. The van der Waals surface area contributed by atoms with E-state index in [2.05, 4.69) is 15.9 Å². The third-order valence-corrected chi connectivity index (χ3v) is 3.41. The lowest BCUT2D eigenvalue weighted by molar-refractivity contribution is 0.157. The molecule has 0 radical (unpaired) electrons. The molecular weight excluding hydrogens is 293 g/mol. The van der Waals surface area contributed by atoms with E-state index in [0.29, 0.717) is 28.3 Å². The quantitative estimate of drug-likeness (QED) is 0.846. The van der Waals surface area contributed by atoms with Crippen LogP contribution >= 0.6 is 27.5 Å². The topological polar surface area (TPSA) is 29.5 Å². The van der Waals surface area contributed by atoms with E-state index in [4.69, 9.17) is 16.3 Å². The Bertz CT molecular complexity index is 380. The molecule has 0 atom stereocenters. The number of hydrogen-bond donors (Lipinski definition) is 0. The van der Waals surface area contributed by atoms with Crippen molar-refractivity contribution in [3.63, 3.8) is 0 Å². The Hall–Kier alpha value is -0.740. The first-order chi connectivity index (χ1) is 7.60. The third-order valence-electron chi connectivity index (χ3n) is 2.14. The Morgan fingerprint density at radius 3 is 2.62 bits per heavy atom. The summed E-state index contributed by atoms with van der Waals surface area (Å²) in [6.45, 7) is 5.02. The van der Waals surface area contributed by atoms with Crippen molar-refractivity contribution in [1.82, 2.24) is 4.90 Å². The van der Waals surface area contributed by atoms with E-state index in [1.807, 2.05) is 13.8 Å². The number of nitrogens with zero attached hydrogens (tertiary/aromatic N) is 1. The average molecular weight is 307 g/mol. The van der Waals surface area contributed by atoms with Crippen molar-refractivity contribution < 1.29 is 9.53 Å². The van der Waals surface area contributed by atoms with E-state index in [1.54, 1.807) is 23.1 Å². The Morgan fingerprint density at radius 1 is 1.44 bits per heavy atom. The molecule has 0 saturated carbocycles. The normalized spacial score (nSPS) is 10.0. The van der Waals surface area contributed by atoms with Crippen LogP contribution in [0.2, 0.25) is 5.02 Å². The van der Waals surface area contributed by atoms with Crippen LogP contribution in [0.3, 0.4) is 0 Å². The number of amides is 1. The molecule has 0 heterocycles. The Kier molecular flexibility index (Phi) is 5.09. The zero-order valence-electron chi connectivity index (χ0n) is 9.17. The molecule has 0 bridgehead atoms. The molecule has 3 nitrogen and oxygen atoms in total. The first-order valence-corrected chi connectivity index (χ1v) is 6.18. The zero-order valence-corrected chi connectivity index (χ0v) is 11.5. The van der Waals surface area contributed by atoms with E-state index >= 15 is 0 Å². The van der Waals surface area contributed by atoms with E-state index in [-0.39, 0.29) is 6.09 Å². The standard InChI is InChI=1S/C11H13BrClNO2/c1-3-14(4-2)11(15)16-9-7-5-6-8(12)10(9)13/h5-7H,3-4H2,1-2H3. The van der Waals surface area contributed by atoms with Crippen LogP contribution in [0.1, 0.15) is 13.8 Å². The van der Waals surface area contributed by atoms with Gasteiger partial charge in [-0.2, -0.15) is 0 Å². The van der Waals surface area contributed by atoms with Gasteiger partial charge in [0.05, 0.1) is 5.02 Å². The molecule has 1 aromatic carbocycles. The Balaban J connectivity index is 2.80. The van der Waals surface area contributed by atoms with Gasteiger partial charge in [-0.1, -0.05) is 17.7 Å². The van der Waals surface area contributed by atoms with Crippen molar-refractivity contribution in [2.45, 2.75) is 13.8 Å². The van der Waals surface area contributed by atoms with Crippen molar-refractivity contribution in [3.8, 4) is 5.75 Å². The maximum absolute atomic E-state index is 11.7. The largest absolute Gasteiger partial charge is 0.415 e. The van der Waals surface area contributed by atoms with Gasteiger partial charge < -0.3 is 9.64 Å². The molecule has 88 valence electrons. The molecular formula is C11H13BrClNO2. The fourth-order valence-electron chi connectivity index (χ4n) is 1.20. The first-order valence-electron chi connectivity index (χ1n) is 5.00. The molecule has 0 unspecified atom stereocenters. The van der Waals surface area contributed by atoms with Crippen LogP contribution in [-0.4, -0.2) is 24.1 Å². The molecule has 0 aliphatic heterocycles. The highest BCUT2D eigenvalue weighted by atomic mass is 79.9. The van der Waals surface area contributed by atoms with Gasteiger partial charge in [-0.05, 0) is 41.9 Å². The van der Waals surface area contributed by atoms with Gasteiger partial charge in [0.1, 0.15) is 0 Å². The lowest BCUT2D eigenvalue weighted by Crippen LogP contribution is -2.33. The van der Waals surface area contributed by atoms with Crippen molar-refractivity contribution >= 4 is 33.6 Å². The number of carbonyl (C=O) groups is 1. The third kappa shape index (κ3) is 3.12. The predicted octanol–water partition coefficient (Wildman–Crippen LogP) is 3.94. The van der Waals surface area contributed by atoms with E-state index < -0.39 is 0 Å². The second-order valence-corrected chi connectivity index (χ2v) is 4.32. The Labute approximate surface area is 108 Å². The number of halogens is 2. The molecule has 0 fully saturated rings. The first kappa shape index (κ1) is 13.3. The van der Waals surface area contributed by atoms with Crippen molar-refractivity contribution in [1.29, 1.82) is 0 Å². The molecule has 1 rings (SSSR count). The fraction of sp³-hybridized carbons (Fsp3) is 0.364. The van der Waals surface area contributed by atoms with Crippen molar-refractivity contribution in [2.24, 2.45) is 0 Å². The van der Waals surface area contributed by atoms with Crippen LogP contribution in [0.25, 0.3) is 0 Å². The van der Waals surface area contributed by atoms with Crippen LogP contribution in [0.4, 0.5) is 4.79 Å². The lowest BCUT2D eigenvalue weighted by Gasteiger charge is -2.18. The summed E-state index contributed by atoms with van der Waals surface area (Å²) in [6.07, 6.45) is -0.384. The second kappa shape index (κ2) is 6.11. The minimum Gasteiger partial charge on any atom is -0.409 e. The summed E-state index contributed by atoms with van der Waals surface area (Å²) in [4.78, 5) is 13.2. The molecule has 5 heteroatoms. The molecule has 0 aromatic heterocycles. The molecule has 0 aliphatic rings. The summed E-state index contributed by atoms with van der Waals surface area (Å²) in [5, 5.41) is 0.406. The average Bonchev–Trinajstić information content (AvgIpc) is 2.26. The van der Waals surface area contributed by atoms with Crippen molar-refractivity contribution in [3.05, 3.63) is 27.7 Å². The summed E-state index contributed by atoms with van der Waals surface area (Å²) in [6, 6.07) is 5.21. The molecule has 0 N–H and O–H groups in total. The molecule has 0 spiro atoms. The summed E-state index contributed by atoms with van der Waals surface area (Å²) >= 11 is 9.26. The smallest absolute Gasteiger partial charge is 0.409 e. The number of hydrogen-bond acceptors (Lipinski definition) is 2. The monoisotopic (exact) mass is 305 g/mol. The summed E-state index contributed by atoms with van der Waals surface area (Å²) in [5.74, 6) is 0.368. The maximum Gasteiger partial charge on any atom is 0.415 e. The summed E-state index contributed by atoms with van der Waals surface area (Å²) in [7, 11) is 0. The highest BCUT2D eigenvalue weighted by Crippen LogP contribution is 2.32. The number of benzene rings is 1. The van der Waals surface area contributed by atoms with Gasteiger partial charge in [-0.25, -0.2) is 4.79 Å². The predicted molar refractivity (Wildman–Crippen MR) is 68.1 cm³/mol. The minimum absolute atomic E-state index is 0.368. The SMILES string of the molecule is CCN(CC)C(=O)Oc1cccc(Br)c1Cl. The van der Waals surface area contributed by atoms with Gasteiger partial charge in [0.2, 0.25) is 0 Å². The highest BCUT2D eigenvalue weighted by molar-refractivity contribution is 9.10. The van der Waals surface area contributed by atoms with Gasteiger partial charge in [0.15, 0.2) is 5.75 Å². The maximum atomic E-state index is 11.7. The van der Waals surface area contributed by atoms with Crippen molar-refractivity contribution in [2.75, 3.05) is 13.1 Å². The van der Waals surface area contributed by atoms with Gasteiger partial charge in [-0.3, -0.25) is 0 Å². The molecule has 1 amide bonds.